The van der Waals surface area contributed by atoms with Crippen molar-refractivity contribution < 1.29 is 14.3 Å². The first-order valence-corrected chi connectivity index (χ1v) is 6.95. The Bertz CT molecular complexity index is 642. The normalized spacial score (nSPS) is 10.6. The monoisotopic (exact) mass is 306 g/mol. The van der Waals surface area contributed by atoms with Gasteiger partial charge in [0.1, 0.15) is 5.75 Å². The van der Waals surface area contributed by atoms with E-state index in [1.54, 1.807) is 20.2 Å². The number of aromatic nitrogens is 2. The maximum absolute atomic E-state index is 11.6. The molecule has 1 N–H and O–H groups in total. The fourth-order valence-electron chi connectivity index (χ4n) is 1.53. The topological polar surface area (TPSA) is 85.7 Å². The summed E-state index contributed by atoms with van der Waals surface area (Å²) in [7, 11) is 1.59. The summed E-state index contributed by atoms with van der Waals surface area (Å²) in [5.74, 6) is 0.178. The van der Waals surface area contributed by atoms with Crippen LogP contribution in [0.2, 0.25) is 0 Å². The lowest BCUT2D eigenvalue weighted by molar-refractivity contribution is 0.0520. The summed E-state index contributed by atoms with van der Waals surface area (Å²) >= 11 is 1.03. The predicted molar refractivity (Wildman–Crippen MR) is 80.1 cm³/mol. The minimum Gasteiger partial charge on any atom is -0.496 e. The Balaban J connectivity index is 2.08. The molecule has 0 spiro atoms. The van der Waals surface area contributed by atoms with Crippen molar-refractivity contribution in [3.05, 3.63) is 35.5 Å². The predicted octanol–water partition coefficient (Wildman–Crippen LogP) is 2.17. The van der Waals surface area contributed by atoms with E-state index >= 15 is 0 Å². The number of para-hydroxylation sites is 1. The number of anilines is 1. The fraction of sp³-hybridized carbons (Fsp3) is 0.231. The van der Waals surface area contributed by atoms with Gasteiger partial charge in [-0.15, -0.1) is 5.10 Å². The van der Waals surface area contributed by atoms with Crippen molar-refractivity contribution in [2.45, 2.75) is 6.92 Å². The number of nitrogens with one attached hydrogen (secondary N) is 1. The molecule has 8 heteroatoms. The molecule has 1 aromatic heterocycles. The van der Waals surface area contributed by atoms with Crippen LogP contribution in [0.3, 0.4) is 0 Å². The molecular formula is C13H14N4O3S. The van der Waals surface area contributed by atoms with Crippen LogP contribution in [0.5, 0.6) is 5.75 Å². The molecule has 0 fully saturated rings. The van der Waals surface area contributed by atoms with Gasteiger partial charge >= 0.3 is 5.97 Å². The molecule has 7 nitrogen and oxygen atoms in total. The summed E-state index contributed by atoms with van der Waals surface area (Å²) in [6.45, 7) is 2.00. The first kappa shape index (κ1) is 14.9. The van der Waals surface area contributed by atoms with Crippen LogP contribution in [0, 0.1) is 0 Å². The molecule has 0 aliphatic rings. The largest absolute Gasteiger partial charge is 0.496 e. The lowest BCUT2D eigenvalue weighted by atomic mass is 10.2. The van der Waals surface area contributed by atoms with Gasteiger partial charge < -0.3 is 9.47 Å². The molecule has 0 saturated carbocycles. The Labute approximate surface area is 125 Å². The number of carbonyl (C=O) groups excluding carboxylic acids is 1. The summed E-state index contributed by atoms with van der Waals surface area (Å²) in [6, 6.07) is 7.44. The van der Waals surface area contributed by atoms with Crippen LogP contribution in [0.15, 0.2) is 29.4 Å². The van der Waals surface area contributed by atoms with Gasteiger partial charge in [0.2, 0.25) is 5.69 Å². The lowest BCUT2D eigenvalue weighted by Crippen LogP contribution is -2.07. The van der Waals surface area contributed by atoms with Gasteiger partial charge in [0.25, 0.3) is 0 Å². The van der Waals surface area contributed by atoms with E-state index in [0.717, 1.165) is 17.1 Å². The highest BCUT2D eigenvalue weighted by Crippen LogP contribution is 2.19. The Kier molecular flexibility index (Phi) is 5.22. The standard InChI is InChI=1S/C13H14N4O3S/c1-3-20-13(18)11-12(21-17-15-11)16-14-8-9-6-4-5-7-10(9)19-2/h4-8,16H,3H2,1-2H3/b14-8+. The molecule has 0 amide bonds. The quantitative estimate of drug-likeness (QED) is 0.500. The number of rotatable bonds is 6. The zero-order valence-corrected chi connectivity index (χ0v) is 12.4. The van der Waals surface area contributed by atoms with Crippen molar-refractivity contribution in [1.29, 1.82) is 0 Å². The van der Waals surface area contributed by atoms with Crippen molar-refractivity contribution in [2.24, 2.45) is 5.10 Å². The highest BCUT2D eigenvalue weighted by atomic mass is 32.1. The lowest BCUT2D eigenvalue weighted by Gasteiger charge is -2.03. The second-order valence-electron chi connectivity index (χ2n) is 3.78. The Morgan fingerprint density at radius 2 is 2.29 bits per heavy atom. The van der Waals surface area contributed by atoms with E-state index < -0.39 is 5.97 Å². The van der Waals surface area contributed by atoms with Crippen LogP contribution in [0.1, 0.15) is 23.0 Å². The van der Waals surface area contributed by atoms with E-state index in [4.69, 9.17) is 9.47 Å². The van der Waals surface area contributed by atoms with E-state index in [0.29, 0.717) is 10.8 Å². The molecule has 2 aromatic rings. The smallest absolute Gasteiger partial charge is 0.362 e. The summed E-state index contributed by atoms with van der Waals surface area (Å²) in [4.78, 5) is 11.6. The second-order valence-corrected chi connectivity index (χ2v) is 4.54. The third kappa shape index (κ3) is 3.76. The van der Waals surface area contributed by atoms with E-state index in [1.807, 2.05) is 24.3 Å². The number of hydrogen-bond acceptors (Lipinski definition) is 8. The Morgan fingerprint density at radius 3 is 3.05 bits per heavy atom. The third-order valence-electron chi connectivity index (χ3n) is 2.47. The van der Waals surface area contributed by atoms with Crippen LogP contribution in [0.25, 0.3) is 0 Å². The molecule has 1 heterocycles. The van der Waals surface area contributed by atoms with Crippen molar-refractivity contribution in [2.75, 3.05) is 19.1 Å². The maximum Gasteiger partial charge on any atom is 0.362 e. The van der Waals surface area contributed by atoms with Gasteiger partial charge in [-0.05, 0) is 19.1 Å². The molecule has 110 valence electrons. The first-order chi connectivity index (χ1) is 10.3. The average Bonchev–Trinajstić information content (AvgIpc) is 2.96. The number of benzene rings is 1. The molecule has 1 aromatic carbocycles. The van der Waals surface area contributed by atoms with Crippen LogP contribution in [-0.2, 0) is 4.74 Å². The van der Waals surface area contributed by atoms with Gasteiger partial charge in [-0.2, -0.15) is 5.10 Å². The van der Waals surface area contributed by atoms with E-state index in [-0.39, 0.29) is 12.3 Å². The van der Waals surface area contributed by atoms with E-state index in [2.05, 4.69) is 20.1 Å². The molecule has 0 unspecified atom stereocenters. The minimum absolute atomic E-state index is 0.124. The van der Waals surface area contributed by atoms with Crippen LogP contribution >= 0.6 is 11.5 Å². The first-order valence-electron chi connectivity index (χ1n) is 6.17. The summed E-state index contributed by atoms with van der Waals surface area (Å²) in [6.07, 6.45) is 1.59. The molecule has 0 saturated heterocycles. The van der Waals surface area contributed by atoms with Gasteiger partial charge in [-0.3, -0.25) is 5.43 Å². The van der Waals surface area contributed by atoms with Crippen LogP contribution in [-0.4, -0.2) is 35.5 Å². The van der Waals surface area contributed by atoms with Crippen molar-refractivity contribution in [3.63, 3.8) is 0 Å². The number of esters is 1. The van der Waals surface area contributed by atoms with Crippen molar-refractivity contribution >= 4 is 28.7 Å². The van der Waals surface area contributed by atoms with Gasteiger partial charge in [0, 0.05) is 17.1 Å². The number of ether oxygens (including phenoxy) is 2. The molecule has 2 rings (SSSR count). The Hall–Kier alpha value is -2.48. The number of nitrogens with zero attached hydrogens (tertiary/aromatic N) is 3. The fourth-order valence-corrected chi connectivity index (χ4v) is 2.04. The highest BCUT2D eigenvalue weighted by Gasteiger charge is 2.17. The van der Waals surface area contributed by atoms with Gasteiger partial charge in [0.05, 0.1) is 19.9 Å². The molecule has 0 aliphatic carbocycles. The zero-order chi connectivity index (χ0) is 15.1. The number of carbonyl (C=O) groups is 1. The number of hydrogen-bond donors (Lipinski definition) is 1. The molecular weight excluding hydrogens is 292 g/mol. The van der Waals surface area contributed by atoms with Crippen molar-refractivity contribution in [3.8, 4) is 5.75 Å². The molecule has 0 atom stereocenters. The van der Waals surface area contributed by atoms with Crippen molar-refractivity contribution in [1.82, 2.24) is 9.59 Å². The van der Waals surface area contributed by atoms with Gasteiger partial charge in [-0.1, -0.05) is 16.6 Å². The maximum atomic E-state index is 11.6. The SMILES string of the molecule is CCOC(=O)c1nnsc1N/N=C/c1ccccc1OC. The third-order valence-corrected chi connectivity index (χ3v) is 3.10. The summed E-state index contributed by atoms with van der Waals surface area (Å²) in [5.41, 5.74) is 3.67. The zero-order valence-electron chi connectivity index (χ0n) is 11.6. The van der Waals surface area contributed by atoms with E-state index in [1.165, 1.54) is 0 Å². The Morgan fingerprint density at radius 1 is 1.48 bits per heavy atom. The number of hydrazone groups is 1. The molecule has 0 aliphatic heterocycles. The second kappa shape index (κ2) is 7.34. The number of methoxy groups -OCH3 is 1. The highest BCUT2D eigenvalue weighted by molar-refractivity contribution is 7.10. The molecule has 21 heavy (non-hydrogen) atoms. The summed E-state index contributed by atoms with van der Waals surface area (Å²) < 4.78 is 13.8. The molecule has 0 bridgehead atoms. The van der Waals surface area contributed by atoms with Crippen LogP contribution < -0.4 is 10.2 Å². The average molecular weight is 306 g/mol. The van der Waals surface area contributed by atoms with E-state index in [9.17, 15) is 4.79 Å². The minimum atomic E-state index is -0.527. The van der Waals surface area contributed by atoms with Gasteiger partial charge in [0.15, 0.2) is 5.00 Å². The summed E-state index contributed by atoms with van der Waals surface area (Å²) in [5, 5.41) is 8.22. The van der Waals surface area contributed by atoms with Gasteiger partial charge in [-0.25, -0.2) is 4.79 Å². The van der Waals surface area contributed by atoms with Crippen LogP contribution in [0.4, 0.5) is 5.00 Å². The molecule has 0 radical (unpaired) electrons.